The molecule has 2 rings (SSSR count). The highest BCUT2D eigenvalue weighted by atomic mass is 32.2. The van der Waals surface area contributed by atoms with Gasteiger partial charge in [-0.2, -0.15) is 13.5 Å². The van der Waals surface area contributed by atoms with Crippen LogP contribution in [0.25, 0.3) is 0 Å². The summed E-state index contributed by atoms with van der Waals surface area (Å²) in [5, 5.41) is 13.3. The maximum Gasteiger partial charge on any atom is 0.264 e. The molecule has 230 valence electrons. The van der Waals surface area contributed by atoms with Crippen molar-refractivity contribution < 1.29 is 27.0 Å². The molecule has 0 aromatic rings. The molecule has 1 aliphatic carbocycles. The third-order valence-corrected chi connectivity index (χ3v) is 14.2. The summed E-state index contributed by atoms with van der Waals surface area (Å²) in [5.74, 6) is -0.541. The number of hydrogen-bond acceptors (Lipinski definition) is 7. The van der Waals surface area contributed by atoms with Crippen LogP contribution in [0.4, 0.5) is 0 Å². The first kappa shape index (κ1) is 34.9. The number of aliphatic hydroxyl groups excluding tert-OH is 1. The molecule has 1 saturated heterocycles. The van der Waals surface area contributed by atoms with E-state index in [-0.39, 0.29) is 46.8 Å². The Bertz CT molecular complexity index is 895. The van der Waals surface area contributed by atoms with Gasteiger partial charge >= 0.3 is 0 Å². The van der Waals surface area contributed by atoms with Crippen molar-refractivity contribution in [3.63, 3.8) is 0 Å². The first-order chi connectivity index (χ1) is 17.7. The number of piperidine rings is 1. The van der Waals surface area contributed by atoms with Crippen LogP contribution in [0.15, 0.2) is 12.2 Å². The number of aliphatic hydroxyl groups is 1. The molecule has 39 heavy (non-hydrogen) atoms. The second-order valence-corrected chi connectivity index (χ2v) is 21.1. The Labute approximate surface area is 241 Å². The molecule has 0 aromatic carbocycles. The van der Waals surface area contributed by atoms with Crippen LogP contribution in [-0.2, 0) is 23.6 Å². The zero-order valence-electron chi connectivity index (χ0n) is 26.7. The van der Waals surface area contributed by atoms with Crippen LogP contribution >= 0.6 is 0 Å². The van der Waals surface area contributed by atoms with Crippen molar-refractivity contribution in [2.24, 2.45) is 11.8 Å². The van der Waals surface area contributed by atoms with Crippen LogP contribution in [0, 0.1) is 11.8 Å². The lowest BCUT2D eigenvalue weighted by molar-refractivity contribution is -0.297. The van der Waals surface area contributed by atoms with Crippen molar-refractivity contribution in [2.75, 3.05) is 12.9 Å². The van der Waals surface area contributed by atoms with Gasteiger partial charge in [-0.1, -0.05) is 59.1 Å². The van der Waals surface area contributed by atoms with Crippen LogP contribution in [-0.4, -0.2) is 69.2 Å². The van der Waals surface area contributed by atoms with Gasteiger partial charge < -0.3 is 9.53 Å². The minimum atomic E-state index is -3.62. The van der Waals surface area contributed by atoms with Gasteiger partial charge in [0, 0.05) is 22.9 Å². The maximum atomic E-state index is 11.8. The lowest BCUT2D eigenvalue weighted by Gasteiger charge is -2.52. The van der Waals surface area contributed by atoms with Crippen molar-refractivity contribution >= 4 is 18.4 Å². The minimum Gasteiger partial charge on any atom is -0.413 e. The average molecular weight is 590 g/mol. The number of rotatable bonds is 13. The molecule has 1 N–H and O–H groups in total. The standard InChI is InChI=1S/C30H59NO6SSi/c1-12-13-14-16-23(36-31-29(5,6)19-15-20-30(31,7)8)17-18-24-25(22-35-38(9,33)34)26(32)21-27(24)37-39(10,11)28(2,3)4/h17-18,23-27,32H,12-16,19-22H2,1-11H3/b18-17+/t23?,24-,25+,26+,27-/m1/s1. The molecule has 0 spiro atoms. The zero-order valence-corrected chi connectivity index (χ0v) is 28.6. The fourth-order valence-corrected chi connectivity index (χ4v) is 7.67. The van der Waals surface area contributed by atoms with Crippen molar-refractivity contribution in [1.82, 2.24) is 5.06 Å². The van der Waals surface area contributed by atoms with E-state index in [1.165, 1.54) is 6.42 Å². The fourth-order valence-electron chi connectivity index (χ4n) is 5.90. The minimum absolute atomic E-state index is 0.0186. The monoisotopic (exact) mass is 589 g/mol. The Hall–Kier alpha value is -0.293. The van der Waals surface area contributed by atoms with E-state index in [0.29, 0.717) is 6.42 Å². The van der Waals surface area contributed by atoms with Crippen molar-refractivity contribution in [2.45, 2.75) is 154 Å². The van der Waals surface area contributed by atoms with E-state index in [4.69, 9.17) is 13.4 Å². The number of hydrogen-bond donors (Lipinski definition) is 1. The normalized spacial score (nSPS) is 29.2. The predicted octanol–water partition coefficient (Wildman–Crippen LogP) is 6.83. The summed E-state index contributed by atoms with van der Waals surface area (Å²) < 4.78 is 35.7. The van der Waals surface area contributed by atoms with E-state index < -0.39 is 24.5 Å². The summed E-state index contributed by atoms with van der Waals surface area (Å²) in [7, 11) is -5.75. The number of unbranched alkanes of at least 4 members (excludes halogenated alkanes) is 2. The Balaban J connectivity index is 2.38. The van der Waals surface area contributed by atoms with Gasteiger partial charge in [-0.15, -0.1) is 0 Å². The molecule has 5 atom stereocenters. The van der Waals surface area contributed by atoms with E-state index in [1.54, 1.807) is 0 Å². The van der Waals surface area contributed by atoms with Crippen LogP contribution in [0.1, 0.15) is 107 Å². The SMILES string of the molecule is CCCCCC(/C=C/[C@@H]1[C@H](COS(C)(=O)=O)[C@@H](O)C[C@H]1O[Si](C)(C)C(C)(C)C)ON1C(C)(C)CCCC1(C)C. The van der Waals surface area contributed by atoms with E-state index >= 15 is 0 Å². The molecular formula is C30H59NO6SSi. The third kappa shape index (κ3) is 9.89. The van der Waals surface area contributed by atoms with Gasteiger partial charge in [0.15, 0.2) is 8.32 Å². The first-order valence-electron chi connectivity index (χ1n) is 15.1. The number of nitrogens with zero attached hydrogens (tertiary/aromatic N) is 1. The molecule has 2 aliphatic rings. The van der Waals surface area contributed by atoms with Crippen molar-refractivity contribution in [3.8, 4) is 0 Å². The Morgan fingerprint density at radius 2 is 1.69 bits per heavy atom. The Morgan fingerprint density at radius 1 is 1.10 bits per heavy atom. The predicted molar refractivity (Wildman–Crippen MR) is 162 cm³/mol. The smallest absolute Gasteiger partial charge is 0.264 e. The molecule has 7 nitrogen and oxygen atoms in total. The molecule has 2 fully saturated rings. The highest BCUT2D eigenvalue weighted by Crippen LogP contribution is 2.44. The topological polar surface area (TPSA) is 85.3 Å². The molecular weight excluding hydrogens is 530 g/mol. The fraction of sp³-hybridized carbons (Fsp3) is 0.933. The lowest BCUT2D eigenvalue weighted by Crippen LogP contribution is -2.59. The molecule has 1 heterocycles. The van der Waals surface area contributed by atoms with Crippen molar-refractivity contribution in [3.05, 3.63) is 12.2 Å². The summed E-state index contributed by atoms with van der Waals surface area (Å²) >= 11 is 0. The number of hydroxylamine groups is 2. The highest BCUT2D eigenvalue weighted by molar-refractivity contribution is 7.85. The second kappa shape index (κ2) is 13.3. The van der Waals surface area contributed by atoms with Crippen molar-refractivity contribution in [1.29, 1.82) is 0 Å². The quantitative estimate of drug-likeness (QED) is 0.109. The average Bonchev–Trinajstić information content (AvgIpc) is 3.04. The second-order valence-electron chi connectivity index (χ2n) is 14.7. The third-order valence-electron chi connectivity index (χ3n) is 9.18. The lowest BCUT2D eigenvalue weighted by atomic mass is 9.82. The Kier molecular flexibility index (Phi) is 11.9. The molecule has 0 aromatic heterocycles. The molecule has 1 aliphatic heterocycles. The van der Waals surface area contributed by atoms with Gasteiger partial charge in [0.1, 0.15) is 0 Å². The molecule has 0 bridgehead atoms. The first-order valence-corrected chi connectivity index (χ1v) is 19.8. The Morgan fingerprint density at radius 3 is 2.21 bits per heavy atom. The summed E-state index contributed by atoms with van der Waals surface area (Å²) in [4.78, 5) is 6.82. The summed E-state index contributed by atoms with van der Waals surface area (Å²) in [5.41, 5.74) is -0.135. The summed E-state index contributed by atoms with van der Waals surface area (Å²) in [6.07, 6.45) is 12.4. The molecule has 1 unspecified atom stereocenters. The van der Waals surface area contributed by atoms with Gasteiger partial charge in [0.25, 0.3) is 10.1 Å². The van der Waals surface area contributed by atoms with Gasteiger partial charge in [-0.3, -0.25) is 9.02 Å². The highest BCUT2D eigenvalue weighted by Gasteiger charge is 2.48. The van der Waals surface area contributed by atoms with Gasteiger partial charge in [0.2, 0.25) is 0 Å². The van der Waals surface area contributed by atoms with Crippen LogP contribution in [0.3, 0.4) is 0 Å². The van der Waals surface area contributed by atoms with E-state index in [2.05, 4.69) is 85.7 Å². The largest absolute Gasteiger partial charge is 0.413 e. The summed E-state index contributed by atoms with van der Waals surface area (Å²) in [6.45, 7) is 22.3. The van der Waals surface area contributed by atoms with Crippen LogP contribution < -0.4 is 0 Å². The maximum absolute atomic E-state index is 11.8. The van der Waals surface area contributed by atoms with Crippen LogP contribution in [0.5, 0.6) is 0 Å². The summed E-state index contributed by atoms with van der Waals surface area (Å²) in [6, 6.07) is 0. The van der Waals surface area contributed by atoms with E-state index in [9.17, 15) is 13.5 Å². The zero-order chi connectivity index (χ0) is 29.9. The molecule has 0 radical (unpaired) electrons. The van der Waals surface area contributed by atoms with Crippen LogP contribution in [0.2, 0.25) is 18.1 Å². The van der Waals surface area contributed by atoms with Gasteiger partial charge in [-0.05, 0) is 77.9 Å². The van der Waals surface area contributed by atoms with Gasteiger partial charge in [0.05, 0.1) is 31.2 Å². The van der Waals surface area contributed by atoms with E-state index in [0.717, 1.165) is 44.8 Å². The molecule has 0 amide bonds. The molecule has 9 heteroatoms. The van der Waals surface area contributed by atoms with Gasteiger partial charge in [-0.25, -0.2) is 0 Å². The van der Waals surface area contributed by atoms with E-state index in [1.807, 2.05) is 0 Å². The molecule has 1 saturated carbocycles.